The predicted octanol–water partition coefficient (Wildman–Crippen LogP) is 2.31. The van der Waals surface area contributed by atoms with Gasteiger partial charge in [-0.25, -0.2) is 0 Å². The van der Waals surface area contributed by atoms with Crippen molar-refractivity contribution in [3.63, 3.8) is 0 Å². The number of nitrogen functional groups attached to an aromatic ring is 1. The Kier molecular flexibility index (Phi) is 4.74. The second-order valence-corrected chi connectivity index (χ2v) is 4.45. The fourth-order valence-electron chi connectivity index (χ4n) is 1.93. The van der Waals surface area contributed by atoms with Crippen molar-refractivity contribution < 1.29 is 9.53 Å². The number of hydrogen-bond acceptors (Lipinski definition) is 3. The van der Waals surface area contributed by atoms with Crippen LogP contribution in [0.15, 0.2) is 48.5 Å². The Balaban J connectivity index is 2.17. The van der Waals surface area contributed by atoms with Crippen molar-refractivity contribution in [3.8, 4) is 11.1 Å². The minimum absolute atomic E-state index is 0.104. The van der Waals surface area contributed by atoms with Gasteiger partial charge in [-0.2, -0.15) is 0 Å². The van der Waals surface area contributed by atoms with Crippen LogP contribution >= 0.6 is 0 Å². The van der Waals surface area contributed by atoms with E-state index in [0.717, 1.165) is 11.1 Å². The van der Waals surface area contributed by atoms with Gasteiger partial charge >= 0.3 is 0 Å². The van der Waals surface area contributed by atoms with E-state index in [-0.39, 0.29) is 5.91 Å². The molecule has 4 heteroatoms. The predicted molar refractivity (Wildman–Crippen MR) is 80.5 cm³/mol. The molecule has 0 radical (unpaired) electrons. The SMILES string of the molecule is COCCNC(=O)c1cccc(-c2cccc(N)c2)c1. The third-order valence-electron chi connectivity index (χ3n) is 2.94. The molecule has 20 heavy (non-hydrogen) atoms. The number of benzene rings is 2. The molecular formula is C16H18N2O2. The van der Waals surface area contributed by atoms with Crippen LogP contribution < -0.4 is 11.1 Å². The van der Waals surface area contributed by atoms with Gasteiger partial charge in [0.1, 0.15) is 0 Å². The van der Waals surface area contributed by atoms with Crippen molar-refractivity contribution in [1.82, 2.24) is 5.32 Å². The summed E-state index contributed by atoms with van der Waals surface area (Å²) >= 11 is 0. The Morgan fingerprint density at radius 3 is 2.55 bits per heavy atom. The Bertz CT molecular complexity index is 597. The first-order chi connectivity index (χ1) is 9.70. The summed E-state index contributed by atoms with van der Waals surface area (Å²) in [5.41, 5.74) is 9.08. The van der Waals surface area contributed by atoms with Crippen LogP contribution in [0.2, 0.25) is 0 Å². The van der Waals surface area contributed by atoms with Gasteiger partial charge in [-0.1, -0.05) is 24.3 Å². The van der Waals surface area contributed by atoms with Crippen LogP contribution in [0.3, 0.4) is 0 Å². The summed E-state index contributed by atoms with van der Waals surface area (Å²) in [6, 6.07) is 15.1. The second kappa shape index (κ2) is 6.73. The van der Waals surface area contributed by atoms with Gasteiger partial charge in [0.2, 0.25) is 0 Å². The van der Waals surface area contributed by atoms with Crippen LogP contribution in [0.1, 0.15) is 10.4 Å². The summed E-state index contributed by atoms with van der Waals surface area (Å²) in [4.78, 5) is 12.0. The lowest BCUT2D eigenvalue weighted by molar-refractivity contribution is 0.0937. The molecule has 0 saturated carbocycles. The van der Waals surface area contributed by atoms with E-state index in [1.54, 1.807) is 13.2 Å². The van der Waals surface area contributed by atoms with Gasteiger partial charge < -0.3 is 15.8 Å². The van der Waals surface area contributed by atoms with Crippen LogP contribution in [0.5, 0.6) is 0 Å². The van der Waals surface area contributed by atoms with Gasteiger partial charge in [0, 0.05) is 24.9 Å². The number of nitrogens with one attached hydrogen (secondary N) is 1. The molecule has 0 heterocycles. The second-order valence-electron chi connectivity index (χ2n) is 4.45. The number of amides is 1. The van der Waals surface area contributed by atoms with Crippen molar-refractivity contribution in [2.24, 2.45) is 0 Å². The molecule has 0 aliphatic heterocycles. The zero-order valence-corrected chi connectivity index (χ0v) is 11.4. The molecule has 1 amide bonds. The van der Waals surface area contributed by atoms with Crippen molar-refractivity contribution in [1.29, 1.82) is 0 Å². The number of methoxy groups -OCH3 is 1. The molecule has 2 aromatic carbocycles. The molecule has 0 aliphatic carbocycles. The lowest BCUT2D eigenvalue weighted by Gasteiger charge is -2.07. The average molecular weight is 270 g/mol. The Morgan fingerprint density at radius 2 is 1.85 bits per heavy atom. The molecule has 0 saturated heterocycles. The van der Waals surface area contributed by atoms with Gasteiger partial charge in [0.15, 0.2) is 0 Å². The van der Waals surface area contributed by atoms with Gasteiger partial charge in [0.25, 0.3) is 5.91 Å². The maximum Gasteiger partial charge on any atom is 0.251 e. The third-order valence-corrected chi connectivity index (χ3v) is 2.94. The molecule has 2 rings (SSSR count). The largest absolute Gasteiger partial charge is 0.399 e. The number of rotatable bonds is 5. The van der Waals surface area contributed by atoms with Gasteiger partial charge in [-0.15, -0.1) is 0 Å². The summed E-state index contributed by atoms with van der Waals surface area (Å²) in [7, 11) is 1.60. The topological polar surface area (TPSA) is 64.3 Å². The van der Waals surface area contributed by atoms with E-state index < -0.39 is 0 Å². The van der Waals surface area contributed by atoms with E-state index in [1.807, 2.05) is 42.5 Å². The van der Waals surface area contributed by atoms with Gasteiger partial charge in [0.05, 0.1) is 6.61 Å². The van der Waals surface area contributed by atoms with E-state index in [2.05, 4.69) is 5.32 Å². The molecule has 0 fully saturated rings. The number of anilines is 1. The minimum Gasteiger partial charge on any atom is -0.399 e. The molecule has 0 atom stereocenters. The number of carbonyl (C=O) groups is 1. The van der Waals surface area contributed by atoms with Gasteiger partial charge in [-0.3, -0.25) is 4.79 Å². The minimum atomic E-state index is -0.104. The molecule has 0 aromatic heterocycles. The van der Waals surface area contributed by atoms with E-state index in [1.165, 1.54) is 0 Å². The van der Waals surface area contributed by atoms with Crippen molar-refractivity contribution in [3.05, 3.63) is 54.1 Å². The standard InChI is InChI=1S/C16H18N2O2/c1-20-9-8-18-16(19)14-6-2-4-12(10-14)13-5-3-7-15(17)11-13/h2-7,10-11H,8-9,17H2,1H3,(H,18,19). The Labute approximate surface area is 118 Å². The van der Waals surface area contributed by atoms with Crippen LogP contribution in [-0.2, 0) is 4.74 Å². The van der Waals surface area contributed by atoms with E-state index in [9.17, 15) is 4.79 Å². The molecule has 104 valence electrons. The third kappa shape index (κ3) is 3.59. The van der Waals surface area contributed by atoms with E-state index in [0.29, 0.717) is 24.4 Å². The highest BCUT2D eigenvalue weighted by atomic mass is 16.5. The first-order valence-electron chi connectivity index (χ1n) is 6.44. The van der Waals surface area contributed by atoms with E-state index >= 15 is 0 Å². The molecule has 0 bridgehead atoms. The monoisotopic (exact) mass is 270 g/mol. The number of nitrogens with two attached hydrogens (primary N) is 1. The Morgan fingerprint density at radius 1 is 1.15 bits per heavy atom. The highest BCUT2D eigenvalue weighted by Gasteiger charge is 2.06. The number of ether oxygens (including phenoxy) is 1. The normalized spacial score (nSPS) is 10.2. The summed E-state index contributed by atoms with van der Waals surface area (Å²) < 4.78 is 4.91. The van der Waals surface area contributed by atoms with Crippen molar-refractivity contribution in [2.75, 3.05) is 26.0 Å². The average Bonchev–Trinajstić information content (AvgIpc) is 2.47. The molecule has 0 unspecified atom stereocenters. The summed E-state index contributed by atoms with van der Waals surface area (Å²) in [5, 5.41) is 2.80. The first kappa shape index (κ1) is 14.1. The van der Waals surface area contributed by atoms with Crippen LogP contribution in [0.25, 0.3) is 11.1 Å². The molecule has 2 aromatic rings. The molecular weight excluding hydrogens is 252 g/mol. The van der Waals surface area contributed by atoms with E-state index in [4.69, 9.17) is 10.5 Å². The quantitative estimate of drug-likeness (QED) is 0.647. The first-order valence-corrected chi connectivity index (χ1v) is 6.44. The summed E-state index contributed by atoms with van der Waals surface area (Å²) in [6.45, 7) is 0.999. The number of hydrogen-bond donors (Lipinski definition) is 2. The van der Waals surface area contributed by atoms with Gasteiger partial charge in [-0.05, 0) is 35.4 Å². The summed E-state index contributed by atoms with van der Waals surface area (Å²) in [5.74, 6) is -0.104. The van der Waals surface area contributed by atoms with Crippen LogP contribution in [-0.4, -0.2) is 26.2 Å². The zero-order chi connectivity index (χ0) is 14.4. The maximum atomic E-state index is 12.0. The molecule has 3 N–H and O–H groups in total. The fourth-order valence-corrected chi connectivity index (χ4v) is 1.93. The molecule has 4 nitrogen and oxygen atoms in total. The fraction of sp³-hybridized carbons (Fsp3) is 0.188. The lowest BCUT2D eigenvalue weighted by atomic mass is 10.0. The zero-order valence-electron chi connectivity index (χ0n) is 11.4. The van der Waals surface area contributed by atoms with Crippen LogP contribution in [0, 0.1) is 0 Å². The molecule has 0 spiro atoms. The Hall–Kier alpha value is -2.33. The highest BCUT2D eigenvalue weighted by molar-refractivity contribution is 5.95. The molecule has 0 aliphatic rings. The van der Waals surface area contributed by atoms with Crippen molar-refractivity contribution in [2.45, 2.75) is 0 Å². The lowest BCUT2D eigenvalue weighted by Crippen LogP contribution is -2.26. The highest BCUT2D eigenvalue weighted by Crippen LogP contribution is 2.22. The summed E-state index contributed by atoms with van der Waals surface area (Å²) in [6.07, 6.45) is 0. The maximum absolute atomic E-state index is 12.0. The number of carbonyl (C=O) groups excluding carboxylic acids is 1. The smallest absolute Gasteiger partial charge is 0.251 e. The van der Waals surface area contributed by atoms with Crippen molar-refractivity contribution >= 4 is 11.6 Å². The van der Waals surface area contributed by atoms with Crippen LogP contribution in [0.4, 0.5) is 5.69 Å².